The number of nitrogen functional groups attached to an aromatic ring is 1. The molecule has 2 aromatic heterocycles. The molecule has 0 saturated heterocycles. The van der Waals surface area contributed by atoms with Crippen molar-refractivity contribution in [1.82, 2.24) is 15.0 Å². The molecule has 0 fully saturated rings. The summed E-state index contributed by atoms with van der Waals surface area (Å²) in [5, 5.41) is 0.463. The lowest BCUT2D eigenvalue weighted by molar-refractivity contribution is 0.899. The summed E-state index contributed by atoms with van der Waals surface area (Å²) < 4.78 is 0. The molecule has 1 unspecified atom stereocenters. The molecule has 5 N–H and O–H groups in total. The second-order valence-electron chi connectivity index (χ2n) is 3.60. The Morgan fingerprint density at radius 3 is 2.72 bits per heavy atom. The third kappa shape index (κ3) is 3.08. The summed E-state index contributed by atoms with van der Waals surface area (Å²) in [5.74, 6) is 0.201. The van der Waals surface area contributed by atoms with Crippen molar-refractivity contribution in [3.63, 3.8) is 0 Å². The highest BCUT2D eigenvalue weighted by atomic mass is 32.2. The van der Waals surface area contributed by atoms with E-state index in [4.69, 9.17) is 11.5 Å². The Morgan fingerprint density at radius 1 is 1.39 bits per heavy atom. The molecule has 0 aliphatic heterocycles. The van der Waals surface area contributed by atoms with Crippen LogP contribution in [0.15, 0.2) is 40.5 Å². The van der Waals surface area contributed by atoms with E-state index in [-0.39, 0.29) is 16.6 Å². The van der Waals surface area contributed by atoms with Gasteiger partial charge in [0.15, 0.2) is 5.16 Å². The zero-order valence-electron chi connectivity index (χ0n) is 9.54. The first kappa shape index (κ1) is 12.6. The van der Waals surface area contributed by atoms with Gasteiger partial charge in [-0.2, -0.15) is 0 Å². The van der Waals surface area contributed by atoms with Crippen molar-refractivity contribution in [3.8, 4) is 0 Å². The first-order valence-corrected chi connectivity index (χ1v) is 6.20. The molecular weight excluding hydrogens is 250 g/mol. The number of H-pyrrole nitrogens is 1. The van der Waals surface area contributed by atoms with Crippen LogP contribution < -0.4 is 17.0 Å². The lowest BCUT2D eigenvalue weighted by Crippen LogP contribution is -2.13. The number of hydrogen-bond acceptors (Lipinski definition) is 6. The molecule has 0 aliphatic rings. The molecule has 2 heterocycles. The van der Waals surface area contributed by atoms with Crippen LogP contribution >= 0.6 is 11.8 Å². The van der Waals surface area contributed by atoms with E-state index >= 15 is 0 Å². The number of aromatic amines is 1. The van der Waals surface area contributed by atoms with Crippen LogP contribution in [0.4, 0.5) is 5.82 Å². The van der Waals surface area contributed by atoms with E-state index in [1.54, 1.807) is 12.4 Å². The first-order chi connectivity index (χ1) is 8.69. The van der Waals surface area contributed by atoms with Gasteiger partial charge in [0.25, 0.3) is 5.56 Å². The Kier molecular flexibility index (Phi) is 3.96. The van der Waals surface area contributed by atoms with Crippen LogP contribution in [0, 0.1) is 0 Å². The quantitative estimate of drug-likeness (QED) is 0.548. The van der Waals surface area contributed by atoms with Gasteiger partial charge in [-0.05, 0) is 17.7 Å². The molecule has 0 amide bonds. The van der Waals surface area contributed by atoms with E-state index < -0.39 is 0 Å². The van der Waals surface area contributed by atoms with Crippen LogP contribution in [-0.2, 0) is 0 Å². The topological polar surface area (TPSA) is 111 Å². The average molecular weight is 263 g/mol. The second-order valence-corrected chi connectivity index (χ2v) is 4.79. The minimum absolute atomic E-state index is 0.00190. The number of nitrogens with one attached hydrogen (secondary N) is 1. The third-order valence-electron chi connectivity index (χ3n) is 2.29. The van der Waals surface area contributed by atoms with E-state index in [9.17, 15) is 4.79 Å². The summed E-state index contributed by atoms with van der Waals surface area (Å²) in [6.45, 7) is 0.424. The van der Waals surface area contributed by atoms with Gasteiger partial charge in [0.2, 0.25) is 0 Å². The van der Waals surface area contributed by atoms with Gasteiger partial charge in [-0.25, -0.2) is 4.98 Å². The predicted molar refractivity (Wildman–Crippen MR) is 71.2 cm³/mol. The minimum Gasteiger partial charge on any atom is -0.383 e. The molecule has 0 saturated carbocycles. The number of hydrogen-bond donors (Lipinski definition) is 3. The third-order valence-corrected chi connectivity index (χ3v) is 3.45. The van der Waals surface area contributed by atoms with Crippen molar-refractivity contribution in [2.24, 2.45) is 5.73 Å². The molecule has 0 radical (unpaired) electrons. The Hall–Kier alpha value is -1.86. The van der Waals surface area contributed by atoms with Crippen molar-refractivity contribution in [1.29, 1.82) is 0 Å². The SMILES string of the molecule is NCC(Sc1nc(N)cc(=O)[nH]1)c1ccncc1. The highest BCUT2D eigenvalue weighted by Gasteiger charge is 2.13. The van der Waals surface area contributed by atoms with E-state index in [0.29, 0.717) is 11.7 Å². The second kappa shape index (κ2) is 5.65. The van der Waals surface area contributed by atoms with Crippen LogP contribution in [0.2, 0.25) is 0 Å². The fraction of sp³-hybridized carbons (Fsp3) is 0.182. The fourth-order valence-corrected chi connectivity index (χ4v) is 2.45. The first-order valence-electron chi connectivity index (χ1n) is 5.32. The van der Waals surface area contributed by atoms with Crippen molar-refractivity contribution in [3.05, 3.63) is 46.5 Å². The fourth-order valence-electron chi connectivity index (χ4n) is 1.47. The lowest BCUT2D eigenvalue weighted by Gasteiger charge is -2.13. The van der Waals surface area contributed by atoms with Crippen molar-refractivity contribution >= 4 is 17.6 Å². The molecule has 0 spiro atoms. The van der Waals surface area contributed by atoms with Gasteiger partial charge in [-0.3, -0.25) is 9.78 Å². The minimum atomic E-state index is -0.268. The van der Waals surface area contributed by atoms with Gasteiger partial charge in [-0.15, -0.1) is 0 Å². The van der Waals surface area contributed by atoms with E-state index in [2.05, 4.69) is 15.0 Å². The Labute approximate surface area is 108 Å². The Morgan fingerprint density at radius 2 is 2.11 bits per heavy atom. The monoisotopic (exact) mass is 263 g/mol. The standard InChI is InChI=1S/C11H13N5OS/c12-6-8(7-1-3-14-4-2-7)18-11-15-9(13)5-10(17)16-11/h1-5,8H,6,12H2,(H3,13,15,16,17). The maximum atomic E-state index is 11.3. The van der Waals surface area contributed by atoms with Crippen LogP contribution in [0.5, 0.6) is 0 Å². The molecule has 2 aromatic rings. The predicted octanol–water partition coefficient (Wildman–Crippen LogP) is 0.539. The maximum absolute atomic E-state index is 11.3. The maximum Gasteiger partial charge on any atom is 0.253 e. The Bertz CT molecular complexity index is 571. The number of rotatable bonds is 4. The Balaban J connectivity index is 2.23. The van der Waals surface area contributed by atoms with E-state index in [1.807, 2.05) is 12.1 Å². The van der Waals surface area contributed by atoms with Gasteiger partial charge < -0.3 is 16.5 Å². The van der Waals surface area contributed by atoms with Crippen molar-refractivity contribution in [2.75, 3.05) is 12.3 Å². The molecular formula is C11H13N5OS. The van der Waals surface area contributed by atoms with Gasteiger partial charge >= 0.3 is 0 Å². The van der Waals surface area contributed by atoms with Crippen molar-refractivity contribution in [2.45, 2.75) is 10.4 Å². The summed E-state index contributed by atoms with van der Waals surface area (Å²) in [5.41, 5.74) is 12.0. The average Bonchev–Trinajstić information content (AvgIpc) is 2.36. The molecule has 18 heavy (non-hydrogen) atoms. The van der Waals surface area contributed by atoms with Gasteiger partial charge in [0.1, 0.15) is 5.82 Å². The van der Waals surface area contributed by atoms with Crippen LogP contribution in [0.3, 0.4) is 0 Å². The molecule has 1 atom stereocenters. The highest BCUT2D eigenvalue weighted by Crippen LogP contribution is 2.31. The van der Waals surface area contributed by atoms with Crippen LogP contribution in [0.1, 0.15) is 10.8 Å². The largest absolute Gasteiger partial charge is 0.383 e. The molecule has 0 bridgehead atoms. The van der Waals surface area contributed by atoms with Gasteiger partial charge in [-0.1, -0.05) is 11.8 Å². The van der Waals surface area contributed by atoms with Crippen LogP contribution in [0.25, 0.3) is 0 Å². The smallest absolute Gasteiger partial charge is 0.253 e. The number of nitrogens with two attached hydrogens (primary N) is 2. The van der Waals surface area contributed by atoms with Crippen molar-refractivity contribution < 1.29 is 0 Å². The molecule has 94 valence electrons. The number of pyridine rings is 1. The molecule has 0 aromatic carbocycles. The molecule has 7 heteroatoms. The lowest BCUT2D eigenvalue weighted by atomic mass is 10.2. The molecule has 0 aliphatic carbocycles. The number of thioether (sulfide) groups is 1. The van der Waals surface area contributed by atoms with Gasteiger partial charge in [0.05, 0.1) is 0 Å². The summed E-state index contributed by atoms with van der Waals surface area (Å²) in [7, 11) is 0. The zero-order valence-corrected chi connectivity index (χ0v) is 10.4. The van der Waals surface area contributed by atoms with E-state index in [0.717, 1.165) is 5.56 Å². The normalized spacial score (nSPS) is 12.3. The molecule has 6 nitrogen and oxygen atoms in total. The number of nitrogens with zero attached hydrogens (tertiary/aromatic N) is 2. The zero-order chi connectivity index (χ0) is 13.0. The number of anilines is 1. The summed E-state index contributed by atoms with van der Waals surface area (Å²) in [6, 6.07) is 5.01. The highest BCUT2D eigenvalue weighted by molar-refractivity contribution is 7.99. The summed E-state index contributed by atoms with van der Waals surface area (Å²) in [4.78, 5) is 21.9. The summed E-state index contributed by atoms with van der Waals surface area (Å²) in [6.07, 6.45) is 3.40. The molecule has 2 rings (SSSR count). The summed E-state index contributed by atoms with van der Waals surface area (Å²) >= 11 is 1.37. The van der Waals surface area contributed by atoms with Gasteiger partial charge in [0, 0.05) is 30.3 Å². The number of aromatic nitrogens is 3. The van der Waals surface area contributed by atoms with E-state index in [1.165, 1.54) is 17.8 Å². The van der Waals surface area contributed by atoms with Crippen LogP contribution in [-0.4, -0.2) is 21.5 Å².